The summed E-state index contributed by atoms with van der Waals surface area (Å²) in [6.07, 6.45) is 0.642. The van der Waals surface area contributed by atoms with Crippen LogP contribution < -0.4 is 4.74 Å². The van der Waals surface area contributed by atoms with E-state index in [1.165, 1.54) is 6.07 Å². The molecule has 0 saturated heterocycles. The Kier molecular flexibility index (Phi) is 4.02. The van der Waals surface area contributed by atoms with Gasteiger partial charge in [-0.2, -0.15) is 0 Å². The van der Waals surface area contributed by atoms with E-state index < -0.39 is 11.6 Å². The Morgan fingerprint density at radius 1 is 1.29 bits per heavy atom. The Morgan fingerprint density at radius 3 is 2.35 bits per heavy atom. The van der Waals surface area contributed by atoms with Crippen LogP contribution in [0.25, 0.3) is 0 Å². The summed E-state index contributed by atoms with van der Waals surface area (Å²) in [5.41, 5.74) is 0.904. The van der Waals surface area contributed by atoms with Crippen molar-refractivity contribution in [1.82, 2.24) is 0 Å². The molecule has 1 aromatic carbocycles. The van der Waals surface area contributed by atoms with E-state index in [1.807, 2.05) is 13.8 Å². The first-order valence-electron chi connectivity index (χ1n) is 5.87. The lowest BCUT2D eigenvalue weighted by atomic mass is 9.88. The minimum Gasteiger partial charge on any atom is -0.502 e. The van der Waals surface area contributed by atoms with Gasteiger partial charge in [0.15, 0.2) is 17.3 Å². The maximum absolute atomic E-state index is 13.5. The second-order valence-corrected chi connectivity index (χ2v) is 5.83. The van der Waals surface area contributed by atoms with Crippen molar-refractivity contribution < 1.29 is 14.2 Å². The van der Waals surface area contributed by atoms with Crippen molar-refractivity contribution in [2.24, 2.45) is 5.41 Å². The van der Waals surface area contributed by atoms with E-state index >= 15 is 0 Å². The molecule has 3 heteroatoms. The molecule has 0 aliphatic rings. The van der Waals surface area contributed by atoms with E-state index in [0.29, 0.717) is 0 Å². The van der Waals surface area contributed by atoms with Crippen molar-refractivity contribution >= 4 is 0 Å². The molecule has 0 radical (unpaired) electrons. The summed E-state index contributed by atoms with van der Waals surface area (Å²) in [6, 6.07) is 3.08. The van der Waals surface area contributed by atoms with E-state index in [0.717, 1.165) is 12.0 Å². The molecule has 1 rings (SSSR count). The van der Waals surface area contributed by atoms with E-state index in [9.17, 15) is 9.50 Å². The number of hydrogen-bond donors (Lipinski definition) is 1. The van der Waals surface area contributed by atoms with Crippen LogP contribution in [0.15, 0.2) is 12.1 Å². The number of benzene rings is 1. The summed E-state index contributed by atoms with van der Waals surface area (Å²) >= 11 is 0. The zero-order valence-electron chi connectivity index (χ0n) is 11.2. The molecular weight excluding hydrogens is 219 g/mol. The highest BCUT2D eigenvalue weighted by molar-refractivity contribution is 5.43. The first-order valence-corrected chi connectivity index (χ1v) is 5.87. The molecule has 0 saturated carbocycles. The number of ether oxygens (including phenoxy) is 1. The first kappa shape index (κ1) is 13.8. The van der Waals surface area contributed by atoms with Gasteiger partial charge in [-0.05, 0) is 43.4 Å². The van der Waals surface area contributed by atoms with Gasteiger partial charge in [-0.15, -0.1) is 0 Å². The molecule has 1 aromatic rings. The molecule has 0 fully saturated rings. The Labute approximate surface area is 102 Å². The van der Waals surface area contributed by atoms with E-state index in [2.05, 4.69) is 20.8 Å². The first-order chi connectivity index (χ1) is 7.69. The van der Waals surface area contributed by atoms with E-state index in [1.54, 1.807) is 6.07 Å². The molecule has 0 bridgehead atoms. The number of rotatable bonds is 3. The monoisotopic (exact) mass is 240 g/mol. The van der Waals surface area contributed by atoms with Crippen LogP contribution in [0, 0.1) is 11.2 Å². The van der Waals surface area contributed by atoms with Gasteiger partial charge in [0.25, 0.3) is 0 Å². The van der Waals surface area contributed by atoms with Gasteiger partial charge in [-0.25, -0.2) is 4.39 Å². The lowest BCUT2D eigenvalue weighted by Gasteiger charge is -2.19. The predicted molar refractivity (Wildman–Crippen MR) is 67.0 cm³/mol. The SMILES string of the molecule is CC(C)Oc1cc(CC(C)(C)C)cc(F)c1O. The van der Waals surface area contributed by atoms with Crippen molar-refractivity contribution in [2.75, 3.05) is 0 Å². The second-order valence-electron chi connectivity index (χ2n) is 5.83. The molecule has 0 amide bonds. The maximum Gasteiger partial charge on any atom is 0.194 e. The van der Waals surface area contributed by atoms with Crippen LogP contribution in [0.2, 0.25) is 0 Å². The molecule has 0 aromatic heterocycles. The summed E-state index contributed by atoms with van der Waals surface area (Å²) < 4.78 is 18.9. The topological polar surface area (TPSA) is 29.5 Å². The van der Waals surface area contributed by atoms with Crippen LogP contribution in [0.5, 0.6) is 11.5 Å². The van der Waals surface area contributed by atoms with Crippen LogP contribution in [0.4, 0.5) is 4.39 Å². The number of halogens is 1. The van der Waals surface area contributed by atoms with Crippen LogP contribution >= 0.6 is 0 Å². The van der Waals surface area contributed by atoms with Crippen LogP contribution in [-0.4, -0.2) is 11.2 Å². The highest BCUT2D eigenvalue weighted by Gasteiger charge is 2.17. The maximum atomic E-state index is 13.5. The van der Waals surface area contributed by atoms with Crippen LogP contribution in [0.3, 0.4) is 0 Å². The third kappa shape index (κ3) is 4.25. The molecule has 0 unspecified atom stereocenters. The second kappa shape index (κ2) is 4.94. The van der Waals surface area contributed by atoms with E-state index in [-0.39, 0.29) is 17.3 Å². The summed E-state index contributed by atoms with van der Waals surface area (Å²) in [5.74, 6) is -0.807. The fraction of sp³-hybridized carbons (Fsp3) is 0.571. The molecule has 0 heterocycles. The molecule has 0 atom stereocenters. The van der Waals surface area contributed by atoms with E-state index in [4.69, 9.17) is 4.74 Å². The molecule has 1 N–H and O–H groups in total. The third-order valence-corrected chi connectivity index (χ3v) is 2.19. The van der Waals surface area contributed by atoms with Gasteiger partial charge in [0.2, 0.25) is 0 Å². The summed E-state index contributed by atoms with van der Waals surface area (Å²) in [5, 5.41) is 9.57. The van der Waals surface area contributed by atoms with Gasteiger partial charge < -0.3 is 9.84 Å². The van der Waals surface area contributed by atoms with Gasteiger partial charge in [0, 0.05) is 0 Å². The average Bonchev–Trinajstić information content (AvgIpc) is 2.09. The van der Waals surface area contributed by atoms with Gasteiger partial charge >= 0.3 is 0 Å². The Bertz CT molecular complexity index is 392. The van der Waals surface area contributed by atoms with Gasteiger partial charge in [0.05, 0.1) is 6.10 Å². The average molecular weight is 240 g/mol. The summed E-state index contributed by atoms with van der Waals surface area (Å²) in [6.45, 7) is 9.93. The van der Waals surface area contributed by atoms with Crippen molar-refractivity contribution in [3.05, 3.63) is 23.5 Å². The van der Waals surface area contributed by atoms with Gasteiger partial charge in [-0.3, -0.25) is 0 Å². The zero-order valence-corrected chi connectivity index (χ0v) is 11.2. The number of aromatic hydroxyl groups is 1. The largest absolute Gasteiger partial charge is 0.502 e. The van der Waals surface area contributed by atoms with Crippen LogP contribution in [-0.2, 0) is 6.42 Å². The number of phenolic OH excluding ortho intramolecular Hbond substituents is 1. The third-order valence-electron chi connectivity index (χ3n) is 2.19. The lowest BCUT2D eigenvalue weighted by Crippen LogP contribution is -2.11. The molecule has 0 spiro atoms. The Hall–Kier alpha value is -1.25. The quantitative estimate of drug-likeness (QED) is 0.868. The normalized spacial score (nSPS) is 11.9. The van der Waals surface area contributed by atoms with Gasteiger partial charge in [0.1, 0.15) is 0 Å². The van der Waals surface area contributed by atoms with Crippen molar-refractivity contribution in [3.8, 4) is 11.5 Å². The Morgan fingerprint density at radius 2 is 1.88 bits per heavy atom. The number of phenols is 1. The van der Waals surface area contributed by atoms with Gasteiger partial charge in [-0.1, -0.05) is 20.8 Å². The lowest BCUT2D eigenvalue weighted by molar-refractivity contribution is 0.228. The smallest absolute Gasteiger partial charge is 0.194 e. The molecule has 0 aliphatic heterocycles. The standard InChI is InChI=1S/C14H21FO2/c1-9(2)17-12-7-10(8-14(3,4)5)6-11(15)13(12)16/h6-7,9,16H,8H2,1-5H3. The Balaban J connectivity index is 3.06. The predicted octanol–water partition coefficient (Wildman–Crippen LogP) is 3.91. The highest BCUT2D eigenvalue weighted by atomic mass is 19.1. The number of hydrogen-bond acceptors (Lipinski definition) is 2. The van der Waals surface area contributed by atoms with Crippen molar-refractivity contribution in [1.29, 1.82) is 0 Å². The van der Waals surface area contributed by atoms with Crippen molar-refractivity contribution in [3.63, 3.8) is 0 Å². The fourth-order valence-electron chi connectivity index (χ4n) is 1.69. The molecule has 0 aliphatic carbocycles. The van der Waals surface area contributed by atoms with Crippen LogP contribution in [0.1, 0.15) is 40.2 Å². The minimum absolute atomic E-state index is 0.0680. The molecule has 96 valence electrons. The summed E-state index contributed by atoms with van der Waals surface area (Å²) in [4.78, 5) is 0. The molecular formula is C14H21FO2. The minimum atomic E-state index is -0.623. The van der Waals surface area contributed by atoms with Crippen molar-refractivity contribution in [2.45, 2.75) is 47.1 Å². The molecule has 17 heavy (non-hydrogen) atoms. The summed E-state index contributed by atoms with van der Waals surface area (Å²) in [7, 11) is 0. The highest BCUT2D eigenvalue weighted by Crippen LogP contribution is 2.33. The molecule has 2 nitrogen and oxygen atoms in total. The fourth-order valence-corrected chi connectivity index (χ4v) is 1.69. The zero-order chi connectivity index (χ0) is 13.2.